The van der Waals surface area contributed by atoms with Crippen LogP contribution in [0.4, 0.5) is 0 Å². The minimum absolute atomic E-state index is 0. The van der Waals surface area contributed by atoms with Crippen molar-refractivity contribution in [3.8, 4) is 0 Å². The van der Waals surface area contributed by atoms with Gasteiger partial charge in [0.2, 0.25) is 0 Å². The predicted molar refractivity (Wildman–Crippen MR) is 328 cm³/mol. The predicted octanol–water partition coefficient (Wildman–Crippen LogP) is 6.22. The van der Waals surface area contributed by atoms with Gasteiger partial charge in [-0.25, -0.2) is 0 Å². The first-order valence-corrected chi connectivity index (χ1v) is 34.0. The Kier molecular flexibility index (Phi) is 73.0. The van der Waals surface area contributed by atoms with Crippen molar-refractivity contribution >= 4 is 41.0 Å². The molecule has 85 heavy (non-hydrogen) atoms. The summed E-state index contributed by atoms with van der Waals surface area (Å²) in [5.74, 6) is -2.71. The molecule has 0 bridgehead atoms. The number of aliphatic carboxylic acids is 3. The van der Waals surface area contributed by atoms with Crippen LogP contribution in [0, 0.1) is 0 Å². The maximum Gasteiger partial charge on any atom is 2.00 e. The molecular weight excluding hydrogens is 1110 g/mol. The third-order valence-electron chi connectivity index (χ3n) is 15.9. The molecule has 0 aromatic carbocycles. The average Bonchev–Trinajstić information content (AvgIpc) is 2.77. The molecule has 496 valence electrons. The van der Waals surface area contributed by atoms with Crippen molar-refractivity contribution in [2.24, 2.45) is 0 Å². The van der Waals surface area contributed by atoms with Crippen molar-refractivity contribution in [3.05, 3.63) is 0 Å². The van der Waals surface area contributed by atoms with Gasteiger partial charge in [0.05, 0.1) is 13.2 Å². The van der Waals surface area contributed by atoms with Crippen LogP contribution in [0.1, 0.15) is 329 Å². The molecule has 19 heteroatoms. The van der Waals surface area contributed by atoms with Gasteiger partial charge < -0.3 is 84.8 Å². The molecule has 10 atom stereocenters. The Hall–Kier alpha value is -0.264. The molecule has 2 aliphatic rings. The van der Waals surface area contributed by atoms with E-state index >= 15 is 0 Å². The van der Waals surface area contributed by atoms with E-state index in [9.17, 15) is 65.4 Å². The molecule has 0 aliphatic carbocycles. The molecule has 0 radical (unpaired) electrons. The summed E-state index contributed by atoms with van der Waals surface area (Å²) in [6, 6.07) is 0. The molecule has 17 nitrogen and oxygen atoms in total. The quantitative estimate of drug-likeness (QED) is 0.0248. The van der Waals surface area contributed by atoms with Crippen molar-refractivity contribution in [3.63, 3.8) is 0 Å². The van der Waals surface area contributed by atoms with Crippen molar-refractivity contribution < 1.29 is 114 Å². The summed E-state index contributed by atoms with van der Waals surface area (Å²) in [4.78, 5) is 30.7. The molecule has 8 N–H and O–H groups in total. The van der Waals surface area contributed by atoms with Crippen molar-refractivity contribution in [1.82, 2.24) is 0 Å². The number of unbranched alkanes of at least 4 members (excludes halogenated alkanes) is 42. The molecule has 0 aromatic rings. The Morgan fingerprint density at radius 3 is 0.788 bits per heavy atom. The van der Waals surface area contributed by atoms with Gasteiger partial charge in [0, 0.05) is 17.9 Å². The number of ether oxygens (including phenoxy) is 3. The molecule has 2 heterocycles. The molecule has 2 fully saturated rings. The largest absolute Gasteiger partial charge is 2.00 e. The fourth-order valence-corrected chi connectivity index (χ4v) is 10.5. The van der Waals surface area contributed by atoms with Crippen molar-refractivity contribution in [2.45, 2.75) is 390 Å². The summed E-state index contributed by atoms with van der Waals surface area (Å²) >= 11 is 0. The first-order valence-electron chi connectivity index (χ1n) is 34.0. The van der Waals surface area contributed by atoms with Gasteiger partial charge in [-0.05, 0) is 38.5 Å². The second-order valence-electron chi connectivity index (χ2n) is 23.7. The number of carbonyl (C=O) groups is 3. The Morgan fingerprint density at radius 2 is 0.565 bits per heavy atom. The van der Waals surface area contributed by atoms with E-state index in [2.05, 4.69) is 20.8 Å². The Balaban J connectivity index is -0.000000512. The fourth-order valence-electron chi connectivity index (χ4n) is 10.5. The molecule has 0 saturated carbocycles. The molecular formula is C66H127MgNaO17. The van der Waals surface area contributed by atoms with Crippen LogP contribution in [0.5, 0.6) is 0 Å². The van der Waals surface area contributed by atoms with Crippen LogP contribution in [0.3, 0.4) is 0 Å². The molecule has 1 unspecified atom stereocenters. The van der Waals surface area contributed by atoms with Crippen molar-refractivity contribution in [1.29, 1.82) is 0 Å². The zero-order chi connectivity index (χ0) is 62.0. The summed E-state index contributed by atoms with van der Waals surface area (Å²) in [6.45, 7) is 5.46. The normalized spacial score (nSPS) is 21.6. The first-order chi connectivity index (χ1) is 40.1. The summed E-state index contributed by atoms with van der Waals surface area (Å²) in [6.07, 6.45) is 44.0. The third kappa shape index (κ3) is 57.4. The maximum absolute atomic E-state index is 10.2. The van der Waals surface area contributed by atoms with Gasteiger partial charge in [-0.2, -0.15) is 0 Å². The Bertz CT molecular complexity index is 1300. The maximum atomic E-state index is 10.2. The van der Waals surface area contributed by atoms with E-state index in [1.165, 1.54) is 250 Å². The van der Waals surface area contributed by atoms with Gasteiger partial charge in [-0.3, -0.25) is 0 Å². The molecule has 0 amide bonds. The first kappa shape index (κ1) is 91.2. The van der Waals surface area contributed by atoms with E-state index in [4.69, 9.17) is 19.3 Å². The molecule has 2 saturated heterocycles. The van der Waals surface area contributed by atoms with E-state index < -0.39 is 92.5 Å². The number of carboxylic acid groups (broad SMARTS) is 3. The monoisotopic (exact) mass is 1240 g/mol. The second kappa shape index (κ2) is 68.1. The standard InChI is InChI=1S/3C18H36O2.C12H22O11.Mg.Na/c3*1-2-3-4-5-6-7-8-9-10-11-12-13-14-15-16-17-18(19)20;13-1-3-5(15)6(16)9(19)12(22-3)23-10-4(2-14)21-11(20)8(18)7(10)17;;/h3*2-17H2,1H3,(H,19,20);3-20H,1-2H2;;/q;;;;+2;+1/p-3/t;;;3-,4-,5+,6+,7-,8-,9-,10-,11?,12+;;/m...1../s1. The summed E-state index contributed by atoms with van der Waals surface area (Å²) in [5.41, 5.74) is 0. The van der Waals surface area contributed by atoms with Crippen LogP contribution in [0.2, 0.25) is 0 Å². The molecule has 0 spiro atoms. The topological polar surface area (TPSA) is 310 Å². The zero-order valence-electron chi connectivity index (χ0n) is 54.6. The molecule has 2 aliphatic heterocycles. The SMILES string of the molecule is CCCCCCCCCCCCCCCCCC(=O)[O-].CCCCCCCCCCCCCCCCCC(=O)[O-].CCCCCCCCCCCCCCCCCC(=O)[O-].OC[C@H]1O[C@@H](O[C@H]2[C@H](O)[C@@H](O)C(O)O[C@@H]2CO)[C@H](O)[C@@H](O)[C@H]1O.[Mg+2].[Na+]. The van der Waals surface area contributed by atoms with Crippen LogP contribution in [0.25, 0.3) is 0 Å². The van der Waals surface area contributed by atoms with Gasteiger partial charge >= 0.3 is 52.6 Å². The van der Waals surface area contributed by atoms with E-state index in [1.807, 2.05) is 0 Å². The number of rotatable bonds is 52. The van der Waals surface area contributed by atoms with Crippen LogP contribution in [-0.2, 0) is 28.6 Å². The van der Waals surface area contributed by atoms with Crippen LogP contribution < -0.4 is 44.9 Å². The number of carboxylic acids is 3. The number of aliphatic hydroxyl groups excluding tert-OH is 8. The fraction of sp³-hybridized carbons (Fsp3) is 0.955. The van der Waals surface area contributed by atoms with Gasteiger partial charge in [-0.15, -0.1) is 0 Å². The van der Waals surface area contributed by atoms with Crippen LogP contribution in [0.15, 0.2) is 0 Å². The average molecular weight is 1240 g/mol. The number of hydrogen-bond acceptors (Lipinski definition) is 17. The van der Waals surface area contributed by atoms with E-state index in [0.29, 0.717) is 0 Å². The third-order valence-corrected chi connectivity index (χ3v) is 15.9. The summed E-state index contributed by atoms with van der Waals surface area (Å²) in [5, 5.41) is 107. The van der Waals surface area contributed by atoms with Gasteiger partial charge in [0.25, 0.3) is 0 Å². The number of carbonyl (C=O) groups excluding carboxylic acids is 3. The van der Waals surface area contributed by atoms with Gasteiger partial charge in [0.15, 0.2) is 12.6 Å². The minimum atomic E-state index is -1.74. The molecule has 0 aromatic heterocycles. The van der Waals surface area contributed by atoms with E-state index in [1.54, 1.807) is 0 Å². The van der Waals surface area contributed by atoms with Crippen LogP contribution >= 0.6 is 0 Å². The smallest absolute Gasteiger partial charge is 0.550 e. The summed E-state index contributed by atoms with van der Waals surface area (Å²) < 4.78 is 15.3. The second-order valence-corrected chi connectivity index (χ2v) is 23.7. The van der Waals surface area contributed by atoms with Gasteiger partial charge in [0.1, 0.15) is 48.8 Å². The minimum Gasteiger partial charge on any atom is -0.550 e. The Morgan fingerprint density at radius 1 is 0.329 bits per heavy atom. The van der Waals surface area contributed by atoms with Crippen molar-refractivity contribution in [2.75, 3.05) is 13.2 Å². The summed E-state index contributed by atoms with van der Waals surface area (Å²) in [7, 11) is 0. The van der Waals surface area contributed by atoms with E-state index in [0.717, 1.165) is 38.5 Å². The number of hydrogen-bond donors (Lipinski definition) is 8. The zero-order valence-corrected chi connectivity index (χ0v) is 58.0. The molecule has 2 rings (SSSR count). The number of aliphatic hydroxyl groups is 8. The van der Waals surface area contributed by atoms with Gasteiger partial charge in [-0.1, -0.05) is 290 Å². The Labute approximate surface area is 555 Å². The van der Waals surface area contributed by atoms with E-state index in [-0.39, 0.29) is 71.9 Å². The van der Waals surface area contributed by atoms with Crippen LogP contribution in [-0.4, -0.2) is 156 Å².